The fourth-order valence-corrected chi connectivity index (χ4v) is 2.30. The van der Waals surface area contributed by atoms with Gasteiger partial charge in [-0.05, 0) is 36.8 Å². The largest absolute Gasteiger partial charge is 0.383 e. The highest BCUT2D eigenvalue weighted by atomic mass is 31.2. The number of pyridine rings is 1. The first-order valence-corrected chi connectivity index (χ1v) is 8.15. The van der Waals surface area contributed by atoms with Crippen molar-refractivity contribution in [1.82, 2.24) is 4.98 Å². The molecule has 0 aliphatic carbocycles. The number of anilines is 1. The monoisotopic (exact) mass is 240 g/mol. The van der Waals surface area contributed by atoms with Crippen LogP contribution in [0.5, 0.6) is 0 Å². The standard InChI is InChI=1S/C12H21N2OP/c1-8(2)9(3)10-6-7-11(14-12(10)13)16(4,5)15/h6-9H,1-5H3,(H2,13,14). The van der Waals surface area contributed by atoms with E-state index in [4.69, 9.17) is 5.73 Å². The molecule has 0 fully saturated rings. The smallest absolute Gasteiger partial charge is 0.127 e. The zero-order valence-corrected chi connectivity index (χ0v) is 11.6. The molecule has 90 valence electrons. The van der Waals surface area contributed by atoms with Crippen molar-refractivity contribution in [2.24, 2.45) is 5.92 Å². The van der Waals surface area contributed by atoms with Gasteiger partial charge in [0.15, 0.2) is 0 Å². The third-order valence-electron chi connectivity index (χ3n) is 2.99. The number of aromatic nitrogens is 1. The fraction of sp³-hybridized carbons (Fsp3) is 0.583. The first-order chi connectivity index (χ1) is 7.23. The molecule has 1 rings (SSSR count). The molecule has 0 saturated heterocycles. The molecule has 0 amide bonds. The molecule has 0 bridgehead atoms. The summed E-state index contributed by atoms with van der Waals surface area (Å²) in [6, 6.07) is 3.80. The lowest BCUT2D eigenvalue weighted by Gasteiger charge is -2.18. The van der Waals surface area contributed by atoms with Gasteiger partial charge >= 0.3 is 0 Å². The topological polar surface area (TPSA) is 56.0 Å². The molecule has 0 radical (unpaired) electrons. The van der Waals surface area contributed by atoms with Gasteiger partial charge in [-0.25, -0.2) is 4.98 Å². The number of nitrogens with zero attached hydrogens (tertiary/aromatic N) is 1. The van der Waals surface area contributed by atoms with Crippen molar-refractivity contribution < 1.29 is 4.57 Å². The summed E-state index contributed by atoms with van der Waals surface area (Å²) in [4.78, 5) is 4.26. The first kappa shape index (κ1) is 13.2. The fourth-order valence-electron chi connectivity index (χ4n) is 1.52. The van der Waals surface area contributed by atoms with Crippen LogP contribution >= 0.6 is 7.14 Å². The lowest BCUT2D eigenvalue weighted by atomic mass is 9.91. The minimum absolute atomic E-state index is 0.370. The van der Waals surface area contributed by atoms with E-state index in [0.29, 0.717) is 23.1 Å². The van der Waals surface area contributed by atoms with E-state index < -0.39 is 7.14 Å². The van der Waals surface area contributed by atoms with Gasteiger partial charge in [-0.1, -0.05) is 26.8 Å². The molecule has 0 spiro atoms. The highest BCUT2D eigenvalue weighted by molar-refractivity contribution is 7.69. The van der Waals surface area contributed by atoms with E-state index in [1.807, 2.05) is 12.1 Å². The van der Waals surface area contributed by atoms with Crippen LogP contribution in [-0.2, 0) is 4.57 Å². The summed E-state index contributed by atoms with van der Waals surface area (Å²) in [6.07, 6.45) is 0. The summed E-state index contributed by atoms with van der Waals surface area (Å²) in [5, 5.41) is 0. The maximum absolute atomic E-state index is 11.9. The van der Waals surface area contributed by atoms with E-state index in [1.165, 1.54) is 0 Å². The van der Waals surface area contributed by atoms with E-state index in [2.05, 4.69) is 25.8 Å². The second-order valence-electron chi connectivity index (χ2n) is 5.03. The Morgan fingerprint density at radius 3 is 2.19 bits per heavy atom. The van der Waals surface area contributed by atoms with E-state index in [-0.39, 0.29) is 0 Å². The second-order valence-corrected chi connectivity index (χ2v) is 8.19. The molecule has 2 N–H and O–H groups in total. The molecule has 16 heavy (non-hydrogen) atoms. The van der Waals surface area contributed by atoms with Gasteiger partial charge in [0, 0.05) is 0 Å². The third-order valence-corrected chi connectivity index (χ3v) is 4.34. The van der Waals surface area contributed by atoms with E-state index in [9.17, 15) is 4.57 Å². The molecule has 0 aliphatic heterocycles. The molecule has 0 aliphatic rings. The van der Waals surface area contributed by atoms with Gasteiger partial charge in [-0.2, -0.15) is 0 Å². The van der Waals surface area contributed by atoms with Gasteiger partial charge in [0.25, 0.3) is 0 Å². The van der Waals surface area contributed by atoms with E-state index in [1.54, 1.807) is 13.3 Å². The molecular weight excluding hydrogens is 219 g/mol. The van der Waals surface area contributed by atoms with Crippen molar-refractivity contribution in [2.45, 2.75) is 26.7 Å². The Morgan fingerprint density at radius 2 is 1.81 bits per heavy atom. The zero-order chi connectivity index (χ0) is 12.5. The third kappa shape index (κ3) is 2.85. The zero-order valence-electron chi connectivity index (χ0n) is 10.7. The van der Waals surface area contributed by atoms with Gasteiger partial charge in [0.2, 0.25) is 0 Å². The molecule has 0 aromatic carbocycles. The van der Waals surface area contributed by atoms with Gasteiger partial charge in [0.05, 0.1) is 0 Å². The Hall–Kier alpha value is -0.820. The SMILES string of the molecule is CC(C)C(C)c1ccc(P(C)(C)=O)nc1N. The Labute approximate surface area is 97.8 Å². The summed E-state index contributed by atoms with van der Waals surface area (Å²) in [5.41, 5.74) is 7.59. The molecule has 0 saturated carbocycles. The Bertz CT molecular complexity index is 423. The first-order valence-electron chi connectivity index (χ1n) is 5.55. The van der Waals surface area contributed by atoms with Crippen molar-refractivity contribution in [3.8, 4) is 0 Å². The van der Waals surface area contributed by atoms with Gasteiger partial charge in [-0.3, -0.25) is 0 Å². The summed E-state index contributed by atoms with van der Waals surface area (Å²) in [7, 11) is -2.31. The molecule has 1 aromatic heterocycles. The van der Waals surface area contributed by atoms with Crippen LogP contribution in [0.1, 0.15) is 32.3 Å². The quantitative estimate of drug-likeness (QED) is 0.826. The van der Waals surface area contributed by atoms with E-state index >= 15 is 0 Å². The van der Waals surface area contributed by atoms with Crippen LogP contribution in [0, 0.1) is 5.92 Å². The Balaban J connectivity index is 3.15. The maximum Gasteiger partial charge on any atom is 0.127 e. The van der Waals surface area contributed by atoms with Crippen molar-refractivity contribution in [2.75, 3.05) is 19.1 Å². The minimum atomic E-state index is -2.31. The molecule has 1 atom stereocenters. The minimum Gasteiger partial charge on any atom is -0.383 e. The number of rotatable bonds is 3. The van der Waals surface area contributed by atoms with Gasteiger partial charge < -0.3 is 10.3 Å². The molecular formula is C12H21N2OP. The normalized spacial score (nSPS) is 14.1. The highest BCUT2D eigenvalue weighted by Crippen LogP contribution is 2.35. The number of nitrogen functional groups attached to an aromatic ring is 1. The Kier molecular flexibility index (Phi) is 3.80. The molecule has 3 nitrogen and oxygen atoms in total. The summed E-state index contributed by atoms with van der Waals surface area (Å²) in [5.74, 6) is 1.40. The molecule has 1 aromatic rings. The number of nitrogens with two attached hydrogens (primary N) is 1. The van der Waals surface area contributed by atoms with Crippen molar-refractivity contribution in [3.63, 3.8) is 0 Å². The highest BCUT2D eigenvalue weighted by Gasteiger charge is 2.18. The lowest BCUT2D eigenvalue weighted by Crippen LogP contribution is -2.15. The van der Waals surface area contributed by atoms with Crippen LogP contribution in [0.3, 0.4) is 0 Å². The predicted octanol–water partition coefficient (Wildman–Crippen LogP) is 2.67. The van der Waals surface area contributed by atoms with Gasteiger partial charge in [0.1, 0.15) is 18.4 Å². The van der Waals surface area contributed by atoms with Crippen LogP contribution in [0.4, 0.5) is 5.82 Å². The van der Waals surface area contributed by atoms with Crippen LogP contribution in [0.2, 0.25) is 0 Å². The summed E-state index contributed by atoms with van der Waals surface area (Å²) < 4.78 is 11.9. The second kappa shape index (κ2) is 4.58. The van der Waals surface area contributed by atoms with Crippen LogP contribution in [0.25, 0.3) is 0 Å². The average Bonchev–Trinajstić information content (AvgIpc) is 2.15. The lowest BCUT2D eigenvalue weighted by molar-refractivity contribution is 0.535. The van der Waals surface area contributed by atoms with Crippen molar-refractivity contribution >= 4 is 18.4 Å². The van der Waals surface area contributed by atoms with Crippen LogP contribution in [-0.4, -0.2) is 18.3 Å². The molecule has 1 unspecified atom stereocenters. The molecule has 4 heteroatoms. The van der Waals surface area contributed by atoms with Gasteiger partial charge in [-0.15, -0.1) is 0 Å². The van der Waals surface area contributed by atoms with Crippen molar-refractivity contribution in [3.05, 3.63) is 17.7 Å². The number of hydrogen-bond donors (Lipinski definition) is 1. The predicted molar refractivity (Wildman–Crippen MR) is 71.0 cm³/mol. The van der Waals surface area contributed by atoms with E-state index in [0.717, 1.165) is 5.56 Å². The van der Waals surface area contributed by atoms with Crippen LogP contribution < -0.4 is 11.2 Å². The maximum atomic E-state index is 11.9. The Morgan fingerprint density at radius 1 is 1.25 bits per heavy atom. The summed E-state index contributed by atoms with van der Waals surface area (Å²) >= 11 is 0. The molecule has 1 heterocycles. The van der Waals surface area contributed by atoms with Crippen LogP contribution in [0.15, 0.2) is 12.1 Å². The number of hydrogen-bond acceptors (Lipinski definition) is 3. The summed E-state index contributed by atoms with van der Waals surface area (Å²) in [6.45, 7) is 9.86. The average molecular weight is 240 g/mol. The van der Waals surface area contributed by atoms with Crippen molar-refractivity contribution in [1.29, 1.82) is 0 Å².